The van der Waals surface area contributed by atoms with Gasteiger partial charge in [0, 0.05) is 32.2 Å². The van der Waals surface area contributed by atoms with Gasteiger partial charge in [0.05, 0.1) is 18.8 Å². The Kier molecular flexibility index (Phi) is 33.9. The number of unbranched alkanes of at least 4 members (excludes halogenated alkanes) is 1. The number of aliphatic hydroxyl groups is 4. The molecule has 1 saturated heterocycles. The molecule has 0 bridgehead atoms. The van der Waals surface area contributed by atoms with Crippen LogP contribution in [0, 0.1) is 0 Å². The van der Waals surface area contributed by atoms with Gasteiger partial charge in [0.2, 0.25) is 0 Å². The van der Waals surface area contributed by atoms with E-state index in [1.807, 2.05) is 32.6 Å². The minimum atomic E-state index is -1.15. The fourth-order valence-corrected chi connectivity index (χ4v) is 2.85. The van der Waals surface area contributed by atoms with Gasteiger partial charge in [-0.3, -0.25) is 24.1 Å². The second-order valence-corrected chi connectivity index (χ2v) is 8.72. The van der Waals surface area contributed by atoms with E-state index in [2.05, 4.69) is 6.92 Å². The average molecular weight is 572 g/mol. The lowest BCUT2D eigenvalue weighted by Gasteiger charge is -2.43. The zero-order valence-electron chi connectivity index (χ0n) is 24.2. The molecule has 0 amide bonds. The Morgan fingerprint density at radius 3 is 1.15 bits per heavy atom. The largest absolute Gasteiger partial charge is 0.481 e. The van der Waals surface area contributed by atoms with E-state index < -0.39 is 48.2 Å². The van der Waals surface area contributed by atoms with Crippen molar-refractivity contribution >= 4 is 23.9 Å². The van der Waals surface area contributed by atoms with Crippen molar-refractivity contribution in [1.82, 2.24) is 4.90 Å². The van der Waals surface area contributed by atoms with Crippen molar-refractivity contribution < 1.29 is 60.0 Å². The molecule has 4 atom stereocenters. The molecule has 0 radical (unpaired) electrons. The molecule has 234 valence electrons. The third-order valence-corrected chi connectivity index (χ3v) is 4.87. The summed E-state index contributed by atoms with van der Waals surface area (Å²) in [6, 6.07) is -0.463. The smallest absolute Gasteiger partial charge is 0.303 e. The van der Waals surface area contributed by atoms with Crippen molar-refractivity contribution in [2.75, 3.05) is 19.7 Å². The van der Waals surface area contributed by atoms with Gasteiger partial charge in [-0.05, 0) is 38.6 Å². The second-order valence-electron chi connectivity index (χ2n) is 8.72. The fraction of sp³-hybridized carbons (Fsp3) is 0.846. The Labute approximate surface area is 232 Å². The Balaban J connectivity index is -0.000000215. The normalized spacial score (nSPS) is 19.7. The zero-order chi connectivity index (χ0) is 31.4. The molecule has 0 saturated carbocycles. The topological polar surface area (TPSA) is 233 Å². The van der Waals surface area contributed by atoms with Crippen LogP contribution in [0.5, 0.6) is 0 Å². The standard InChI is InChI=1S/C10H21NO4.4C4H8O2/c1-2-3-4-11-5-8(13)10(15)9(14)7(11)6-12;4*1-2-3-4(5)6/h7-10,12-15H,2-6H2,1H3;4*2-3H2,1H3,(H,5,6)/t7-,8+,9-,10-;;;;/m1..../s1. The number of carboxylic acid groups (broad SMARTS) is 4. The number of aliphatic hydroxyl groups excluding tert-OH is 4. The van der Waals surface area contributed by atoms with Crippen LogP contribution in [0.15, 0.2) is 0 Å². The maximum atomic E-state index is 9.67. The number of aliphatic carboxylic acids is 4. The number of β-amino-alcohol motifs (C(OH)–C–C–N with tert-alkyl or cyclic N) is 1. The molecule has 0 spiro atoms. The molecule has 1 rings (SSSR count). The monoisotopic (exact) mass is 571 g/mol. The summed E-state index contributed by atoms with van der Waals surface area (Å²) in [5.41, 5.74) is 0. The molecule has 0 aromatic heterocycles. The predicted molar refractivity (Wildman–Crippen MR) is 146 cm³/mol. The molecule has 1 aliphatic rings. The Bertz CT molecular complexity index is 554. The molecule has 13 nitrogen and oxygen atoms in total. The van der Waals surface area contributed by atoms with Gasteiger partial charge >= 0.3 is 23.9 Å². The van der Waals surface area contributed by atoms with Crippen LogP contribution in [0.3, 0.4) is 0 Å². The molecule has 1 fully saturated rings. The van der Waals surface area contributed by atoms with E-state index in [4.69, 9.17) is 25.5 Å². The van der Waals surface area contributed by atoms with E-state index in [0.29, 0.717) is 32.2 Å². The summed E-state index contributed by atoms with van der Waals surface area (Å²) in [5, 5.41) is 69.4. The van der Waals surface area contributed by atoms with E-state index in [1.54, 1.807) is 0 Å². The first-order valence-electron chi connectivity index (χ1n) is 13.5. The molecule has 1 aliphatic heterocycles. The van der Waals surface area contributed by atoms with Crippen molar-refractivity contribution in [2.24, 2.45) is 0 Å². The molecule has 0 unspecified atom stereocenters. The Morgan fingerprint density at radius 2 is 0.949 bits per heavy atom. The van der Waals surface area contributed by atoms with Gasteiger partial charge in [0.25, 0.3) is 0 Å². The molecule has 0 aromatic carbocycles. The van der Waals surface area contributed by atoms with E-state index in [1.165, 1.54) is 0 Å². The van der Waals surface area contributed by atoms with E-state index >= 15 is 0 Å². The van der Waals surface area contributed by atoms with Crippen LogP contribution >= 0.6 is 0 Å². The van der Waals surface area contributed by atoms with E-state index in [0.717, 1.165) is 45.1 Å². The van der Waals surface area contributed by atoms with Gasteiger partial charge in [-0.15, -0.1) is 0 Å². The third-order valence-electron chi connectivity index (χ3n) is 4.87. The van der Waals surface area contributed by atoms with Crippen LogP contribution in [0.1, 0.15) is 98.8 Å². The molecule has 39 heavy (non-hydrogen) atoms. The average Bonchev–Trinajstić information content (AvgIpc) is 2.82. The molecule has 8 N–H and O–H groups in total. The summed E-state index contributed by atoms with van der Waals surface area (Å²) in [6.45, 7) is 10.3. The van der Waals surface area contributed by atoms with Crippen LogP contribution in [0.2, 0.25) is 0 Å². The Morgan fingerprint density at radius 1 is 0.615 bits per heavy atom. The van der Waals surface area contributed by atoms with Crippen molar-refractivity contribution in [3.05, 3.63) is 0 Å². The van der Waals surface area contributed by atoms with Crippen molar-refractivity contribution in [1.29, 1.82) is 0 Å². The zero-order valence-corrected chi connectivity index (χ0v) is 24.2. The first kappa shape index (κ1) is 43.7. The summed E-state index contributed by atoms with van der Waals surface area (Å²) in [5.74, 6) is -2.84. The quantitative estimate of drug-likeness (QED) is 0.168. The van der Waals surface area contributed by atoms with Crippen molar-refractivity contribution in [3.8, 4) is 0 Å². The van der Waals surface area contributed by atoms with Gasteiger partial charge in [-0.25, -0.2) is 0 Å². The minimum Gasteiger partial charge on any atom is -0.481 e. The minimum absolute atomic E-state index is 0.200. The van der Waals surface area contributed by atoms with Crippen LogP contribution in [-0.4, -0.2) is 114 Å². The third kappa shape index (κ3) is 31.8. The number of likely N-dealkylation sites (tertiary alicyclic amines) is 1. The number of rotatable bonds is 12. The second kappa shape index (κ2) is 30.2. The first-order chi connectivity index (χ1) is 18.2. The van der Waals surface area contributed by atoms with Crippen LogP contribution in [-0.2, 0) is 19.2 Å². The highest BCUT2D eigenvalue weighted by atomic mass is 16.4. The van der Waals surface area contributed by atoms with Crippen molar-refractivity contribution in [2.45, 2.75) is 123 Å². The number of piperidine rings is 1. The van der Waals surface area contributed by atoms with Gasteiger partial charge in [-0.1, -0.05) is 41.0 Å². The van der Waals surface area contributed by atoms with Gasteiger partial charge < -0.3 is 40.9 Å². The first-order valence-corrected chi connectivity index (χ1v) is 13.5. The van der Waals surface area contributed by atoms with Gasteiger partial charge in [0.15, 0.2) is 0 Å². The molecule has 13 heteroatoms. The predicted octanol–water partition coefficient (Wildman–Crippen LogP) is 2.03. The molecule has 0 aliphatic carbocycles. The highest BCUT2D eigenvalue weighted by Crippen LogP contribution is 2.19. The number of hydrogen-bond acceptors (Lipinski definition) is 9. The number of carbonyl (C=O) groups is 4. The van der Waals surface area contributed by atoms with Crippen LogP contribution in [0.4, 0.5) is 0 Å². The fourth-order valence-electron chi connectivity index (χ4n) is 2.85. The summed E-state index contributed by atoms with van der Waals surface area (Å²) >= 11 is 0. The number of carboxylic acids is 4. The summed E-state index contributed by atoms with van der Waals surface area (Å²) in [7, 11) is 0. The lowest BCUT2D eigenvalue weighted by atomic mass is 9.94. The van der Waals surface area contributed by atoms with E-state index in [9.17, 15) is 34.5 Å². The highest BCUT2D eigenvalue weighted by Gasteiger charge is 2.40. The van der Waals surface area contributed by atoms with E-state index in [-0.39, 0.29) is 6.61 Å². The maximum Gasteiger partial charge on any atom is 0.303 e. The molecule has 0 aromatic rings. The SMILES string of the molecule is CCCC(=O)O.CCCC(=O)O.CCCC(=O)O.CCCC(=O)O.CCCCN1C[C@H](O)[C@@H](O)[C@H](O)[C@H]1CO. The lowest BCUT2D eigenvalue weighted by molar-refractivity contribution is -0.145. The maximum absolute atomic E-state index is 9.67. The molecular formula is C26H53NO12. The lowest BCUT2D eigenvalue weighted by Crippen LogP contribution is -2.62. The highest BCUT2D eigenvalue weighted by molar-refractivity contribution is 5.67. The summed E-state index contributed by atoms with van der Waals surface area (Å²) in [4.78, 5) is 40.2. The van der Waals surface area contributed by atoms with Crippen LogP contribution in [0.25, 0.3) is 0 Å². The van der Waals surface area contributed by atoms with Crippen molar-refractivity contribution in [3.63, 3.8) is 0 Å². The molecule has 1 heterocycles. The van der Waals surface area contributed by atoms with Gasteiger partial charge in [-0.2, -0.15) is 0 Å². The Hall–Kier alpha value is -2.32. The number of nitrogens with zero attached hydrogens (tertiary/aromatic N) is 1. The molecular weight excluding hydrogens is 518 g/mol. The van der Waals surface area contributed by atoms with Crippen LogP contribution < -0.4 is 0 Å². The summed E-state index contributed by atoms with van der Waals surface area (Å²) < 4.78 is 0. The summed E-state index contributed by atoms with van der Waals surface area (Å²) in [6.07, 6.45) is 2.90. The van der Waals surface area contributed by atoms with Gasteiger partial charge in [0.1, 0.15) is 12.2 Å². The number of hydrogen-bond donors (Lipinski definition) is 8.